The molecule has 0 spiro atoms. The highest BCUT2D eigenvalue weighted by atomic mass is 16.5. The molecule has 1 unspecified atom stereocenters. The normalized spacial score (nSPS) is 18.9. The summed E-state index contributed by atoms with van der Waals surface area (Å²) in [6, 6.07) is 7.67. The lowest BCUT2D eigenvalue weighted by Gasteiger charge is -2.31. The second-order valence-electron chi connectivity index (χ2n) is 4.87. The molecular formula is C15H22N2O2. The maximum Gasteiger partial charge on any atom is 0.253 e. The maximum absolute atomic E-state index is 12.4. The Morgan fingerprint density at radius 2 is 2.16 bits per heavy atom. The first-order valence-corrected chi connectivity index (χ1v) is 6.93. The number of hydrogen-bond donors (Lipinski definition) is 1. The summed E-state index contributed by atoms with van der Waals surface area (Å²) in [5, 5.41) is 3.33. The van der Waals surface area contributed by atoms with Gasteiger partial charge in [-0.1, -0.05) is 0 Å². The number of carbonyl (C=O) groups is 1. The molecule has 1 N–H and O–H groups in total. The van der Waals surface area contributed by atoms with Crippen molar-refractivity contribution in [3.8, 4) is 5.75 Å². The molecule has 4 heteroatoms. The molecule has 1 aliphatic heterocycles. The molecule has 0 bridgehead atoms. The predicted molar refractivity (Wildman–Crippen MR) is 75.6 cm³/mol. The quantitative estimate of drug-likeness (QED) is 0.901. The maximum atomic E-state index is 12.4. The Bertz CT molecular complexity index is 411. The minimum atomic E-state index is 0.0803. The summed E-state index contributed by atoms with van der Waals surface area (Å²) in [5.74, 6) is 0.887. The summed E-state index contributed by atoms with van der Waals surface area (Å²) in [7, 11) is 1.89. The van der Waals surface area contributed by atoms with Gasteiger partial charge in [0.15, 0.2) is 0 Å². The van der Waals surface area contributed by atoms with Crippen molar-refractivity contribution in [2.45, 2.75) is 25.8 Å². The molecule has 1 atom stereocenters. The molecule has 0 aromatic heterocycles. The molecule has 4 nitrogen and oxygen atoms in total. The fourth-order valence-electron chi connectivity index (χ4n) is 2.39. The number of piperidine rings is 1. The number of nitrogens with zero attached hydrogens (tertiary/aromatic N) is 1. The minimum Gasteiger partial charge on any atom is -0.494 e. The molecule has 19 heavy (non-hydrogen) atoms. The third-order valence-corrected chi connectivity index (χ3v) is 3.55. The van der Waals surface area contributed by atoms with Crippen molar-refractivity contribution in [1.29, 1.82) is 0 Å². The van der Waals surface area contributed by atoms with Crippen LogP contribution in [0.2, 0.25) is 0 Å². The molecule has 1 amide bonds. The molecule has 1 aromatic rings. The van der Waals surface area contributed by atoms with Crippen LogP contribution in [-0.2, 0) is 0 Å². The van der Waals surface area contributed by atoms with Gasteiger partial charge in [0.05, 0.1) is 6.61 Å². The standard InChI is InChI=1S/C15H22N2O2/c1-3-19-14-8-6-12(7-9-14)15(18)17(2)13-5-4-10-16-11-13/h6-9,13,16H,3-5,10-11H2,1-2H3. The molecule has 1 aromatic carbocycles. The average molecular weight is 262 g/mol. The Labute approximate surface area is 114 Å². The van der Waals surface area contributed by atoms with E-state index in [0.717, 1.165) is 37.2 Å². The van der Waals surface area contributed by atoms with Crippen LogP contribution in [0, 0.1) is 0 Å². The van der Waals surface area contributed by atoms with E-state index in [1.165, 1.54) is 0 Å². The first-order valence-electron chi connectivity index (χ1n) is 6.93. The number of rotatable bonds is 4. The summed E-state index contributed by atoms with van der Waals surface area (Å²) in [4.78, 5) is 14.2. The van der Waals surface area contributed by atoms with E-state index in [1.807, 2.05) is 43.1 Å². The van der Waals surface area contributed by atoms with Crippen LogP contribution in [0.25, 0.3) is 0 Å². The lowest BCUT2D eigenvalue weighted by molar-refractivity contribution is 0.0708. The molecule has 1 aliphatic rings. The fourth-order valence-corrected chi connectivity index (χ4v) is 2.39. The molecule has 1 heterocycles. The van der Waals surface area contributed by atoms with Gasteiger partial charge < -0.3 is 15.0 Å². The Morgan fingerprint density at radius 3 is 2.74 bits per heavy atom. The Hall–Kier alpha value is -1.55. The minimum absolute atomic E-state index is 0.0803. The van der Waals surface area contributed by atoms with Crippen LogP contribution in [0.3, 0.4) is 0 Å². The largest absolute Gasteiger partial charge is 0.494 e. The summed E-state index contributed by atoms with van der Waals surface area (Å²) >= 11 is 0. The first kappa shape index (κ1) is 13.9. The monoisotopic (exact) mass is 262 g/mol. The lowest BCUT2D eigenvalue weighted by atomic mass is 10.1. The fraction of sp³-hybridized carbons (Fsp3) is 0.533. The van der Waals surface area contributed by atoms with Crippen molar-refractivity contribution < 1.29 is 9.53 Å². The van der Waals surface area contributed by atoms with Crippen molar-refractivity contribution >= 4 is 5.91 Å². The van der Waals surface area contributed by atoms with Crippen molar-refractivity contribution in [2.75, 3.05) is 26.7 Å². The number of amides is 1. The molecule has 1 fully saturated rings. The SMILES string of the molecule is CCOc1ccc(C(=O)N(C)C2CCCNC2)cc1. The van der Waals surface area contributed by atoms with E-state index in [0.29, 0.717) is 12.6 Å². The highest BCUT2D eigenvalue weighted by Crippen LogP contribution is 2.16. The average Bonchev–Trinajstić information content (AvgIpc) is 2.48. The van der Waals surface area contributed by atoms with E-state index in [2.05, 4.69) is 5.32 Å². The van der Waals surface area contributed by atoms with E-state index in [1.54, 1.807) is 0 Å². The number of likely N-dealkylation sites (N-methyl/N-ethyl adjacent to an activating group) is 1. The zero-order valence-corrected chi connectivity index (χ0v) is 11.7. The van der Waals surface area contributed by atoms with Gasteiger partial charge >= 0.3 is 0 Å². The van der Waals surface area contributed by atoms with Crippen LogP contribution in [0.5, 0.6) is 5.75 Å². The summed E-state index contributed by atoms with van der Waals surface area (Å²) in [6.45, 7) is 4.53. The third kappa shape index (κ3) is 3.47. The number of nitrogens with one attached hydrogen (secondary N) is 1. The van der Waals surface area contributed by atoms with Crippen LogP contribution in [0.1, 0.15) is 30.1 Å². The lowest BCUT2D eigenvalue weighted by Crippen LogP contribution is -2.46. The van der Waals surface area contributed by atoms with E-state index >= 15 is 0 Å². The number of benzene rings is 1. The molecule has 0 radical (unpaired) electrons. The first-order chi connectivity index (χ1) is 9.22. The van der Waals surface area contributed by atoms with Crippen molar-refractivity contribution in [2.24, 2.45) is 0 Å². The Kier molecular flexibility index (Phi) is 4.80. The van der Waals surface area contributed by atoms with Gasteiger partial charge in [-0.2, -0.15) is 0 Å². The van der Waals surface area contributed by atoms with Gasteiger partial charge in [0, 0.05) is 25.2 Å². The van der Waals surface area contributed by atoms with Crippen molar-refractivity contribution in [1.82, 2.24) is 10.2 Å². The smallest absolute Gasteiger partial charge is 0.253 e. The summed E-state index contributed by atoms with van der Waals surface area (Å²) in [5.41, 5.74) is 0.719. The van der Waals surface area contributed by atoms with Gasteiger partial charge in [0.1, 0.15) is 5.75 Å². The molecular weight excluding hydrogens is 240 g/mol. The number of ether oxygens (including phenoxy) is 1. The zero-order valence-electron chi connectivity index (χ0n) is 11.7. The molecule has 0 aliphatic carbocycles. The Morgan fingerprint density at radius 1 is 1.42 bits per heavy atom. The van der Waals surface area contributed by atoms with Crippen LogP contribution in [0.15, 0.2) is 24.3 Å². The van der Waals surface area contributed by atoms with Gasteiger partial charge in [-0.25, -0.2) is 0 Å². The van der Waals surface area contributed by atoms with Crippen molar-refractivity contribution in [3.05, 3.63) is 29.8 Å². The van der Waals surface area contributed by atoms with E-state index in [9.17, 15) is 4.79 Å². The molecule has 2 rings (SSSR count). The van der Waals surface area contributed by atoms with Crippen LogP contribution >= 0.6 is 0 Å². The van der Waals surface area contributed by atoms with Gasteiger partial charge in [-0.3, -0.25) is 4.79 Å². The van der Waals surface area contributed by atoms with Gasteiger partial charge in [-0.05, 0) is 50.6 Å². The van der Waals surface area contributed by atoms with E-state index < -0.39 is 0 Å². The summed E-state index contributed by atoms with van der Waals surface area (Å²) in [6.07, 6.45) is 2.21. The number of hydrogen-bond acceptors (Lipinski definition) is 3. The van der Waals surface area contributed by atoms with Gasteiger partial charge in [-0.15, -0.1) is 0 Å². The highest BCUT2D eigenvalue weighted by Gasteiger charge is 2.22. The Balaban J connectivity index is 2.01. The zero-order chi connectivity index (χ0) is 13.7. The predicted octanol–water partition coefficient (Wildman–Crippen LogP) is 1.91. The topological polar surface area (TPSA) is 41.6 Å². The molecule has 104 valence electrons. The number of carbonyl (C=O) groups excluding carboxylic acids is 1. The van der Waals surface area contributed by atoms with Crippen molar-refractivity contribution in [3.63, 3.8) is 0 Å². The van der Waals surface area contributed by atoms with Crippen LogP contribution < -0.4 is 10.1 Å². The van der Waals surface area contributed by atoms with Crippen LogP contribution in [-0.4, -0.2) is 43.6 Å². The van der Waals surface area contributed by atoms with E-state index in [-0.39, 0.29) is 5.91 Å². The summed E-state index contributed by atoms with van der Waals surface area (Å²) < 4.78 is 5.38. The highest BCUT2D eigenvalue weighted by molar-refractivity contribution is 5.94. The van der Waals surface area contributed by atoms with Gasteiger partial charge in [0.2, 0.25) is 0 Å². The van der Waals surface area contributed by atoms with Crippen LogP contribution in [0.4, 0.5) is 0 Å². The second-order valence-corrected chi connectivity index (χ2v) is 4.87. The third-order valence-electron chi connectivity index (χ3n) is 3.55. The molecule has 1 saturated heterocycles. The molecule has 0 saturated carbocycles. The van der Waals surface area contributed by atoms with E-state index in [4.69, 9.17) is 4.74 Å². The van der Waals surface area contributed by atoms with Gasteiger partial charge in [0.25, 0.3) is 5.91 Å². The second kappa shape index (κ2) is 6.57.